The molecule has 2 heterocycles. The highest BCUT2D eigenvalue weighted by molar-refractivity contribution is 6.30. The minimum atomic E-state index is -0.0579. The summed E-state index contributed by atoms with van der Waals surface area (Å²) in [5.41, 5.74) is 0.965. The number of nitrogens with zero attached hydrogens (tertiary/aromatic N) is 4. The number of ether oxygens (including phenoxy) is 1. The molecule has 26 heavy (non-hydrogen) atoms. The number of rotatable bonds is 5. The molecule has 1 aliphatic heterocycles. The third-order valence-corrected chi connectivity index (χ3v) is 4.62. The summed E-state index contributed by atoms with van der Waals surface area (Å²) in [7, 11) is 3.83. The van der Waals surface area contributed by atoms with E-state index in [-0.39, 0.29) is 12.0 Å². The first kappa shape index (κ1) is 18.5. The smallest absolute Gasteiger partial charge is 0.233 e. The lowest BCUT2D eigenvalue weighted by Crippen LogP contribution is -2.45. The summed E-state index contributed by atoms with van der Waals surface area (Å²) in [5.74, 6) is 1.38. The Bertz CT molecular complexity index is 734. The van der Waals surface area contributed by atoms with Gasteiger partial charge in [0.15, 0.2) is 5.82 Å². The SMILES string of the molecule is CN(C)c1ccc(OC2CCCN(C(=O)Cc3ccc(Cl)cc3)C2)nn1. The maximum Gasteiger partial charge on any atom is 0.233 e. The van der Waals surface area contributed by atoms with Gasteiger partial charge in [-0.25, -0.2) is 0 Å². The maximum atomic E-state index is 12.6. The molecule has 1 atom stereocenters. The van der Waals surface area contributed by atoms with Gasteiger partial charge >= 0.3 is 0 Å². The van der Waals surface area contributed by atoms with E-state index in [2.05, 4.69) is 10.2 Å². The molecule has 0 radical (unpaired) electrons. The summed E-state index contributed by atoms with van der Waals surface area (Å²) in [4.78, 5) is 16.3. The Hall–Kier alpha value is -2.34. The van der Waals surface area contributed by atoms with Crippen LogP contribution in [0.5, 0.6) is 5.88 Å². The lowest BCUT2D eigenvalue weighted by molar-refractivity contribution is -0.133. The molecule has 1 unspecified atom stereocenters. The van der Waals surface area contributed by atoms with E-state index in [1.54, 1.807) is 0 Å². The first-order chi connectivity index (χ1) is 12.5. The lowest BCUT2D eigenvalue weighted by atomic mass is 10.1. The molecule has 1 aromatic heterocycles. The van der Waals surface area contributed by atoms with E-state index in [9.17, 15) is 4.79 Å². The van der Waals surface area contributed by atoms with Crippen LogP contribution >= 0.6 is 11.6 Å². The lowest BCUT2D eigenvalue weighted by Gasteiger charge is -2.32. The van der Waals surface area contributed by atoms with Crippen LogP contribution in [-0.4, -0.2) is 54.3 Å². The third-order valence-electron chi connectivity index (χ3n) is 4.37. The van der Waals surface area contributed by atoms with Crippen molar-refractivity contribution in [2.45, 2.75) is 25.4 Å². The molecule has 0 N–H and O–H groups in total. The number of amides is 1. The zero-order valence-corrected chi connectivity index (χ0v) is 15.8. The van der Waals surface area contributed by atoms with E-state index in [1.807, 2.05) is 60.3 Å². The number of anilines is 1. The first-order valence-electron chi connectivity index (χ1n) is 8.71. The summed E-state index contributed by atoms with van der Waals surface area (Å²) >= 11 is 5.89. The number of piperidine rings is 1. The first-order valence-corrected chi connectivity index (χ1v) is 9.09. The van der Waals surface area contributed by atoms with E-state index in [0.29, 0.717) is 23.9 Å². The Morgan fingerprint density at radius 2 is 2.00 bits per heavy atom. The topological polar surface area (TPSA) is 58.6 Å². The Morgan fingerprint density at radius 3 is 2.65 bits per heavy atom. The van der Waals surface area contributed by atoms with Crippen LogP contribution in [0.4, 0.5) is 5.82 Å². The molecule has 138 valence electrons. The minimum Gasteiger partial charge on any atom is -0.471 e. The van der Waals surface area contributed by atoms with Gasteiger partial charge in [-0.15, -0.1) is 10.2 Å². The highest BCUT2D eigenvalue weighted by Crippen LogP contribution is 2.19. The van der Waals surface area contributed by atoms with Crippen LogP contribution in [0.15, 0.2) is 36.4 Å². The number of hydrogen-bond acceptors (Lipinski definition) is 5. The van der Waals surface area contributed by atoms with Crippen molar-refractivity contribution in [1.29, 1.82) is 0 Å². The predicted molar refractivity (Wildman–Crippen MR) is 102 cm³/mol. The number of benzene rings is 1. The monoisotopic (exact) mass is 374 g/mol. The van der Waals surface area contributed by atoms with Crippen LogP contribution in [0.25, 0.3) is 0 Å². The standard InChI is InChI=1S/C19H23ClN4O2/c1-23(2)17-9-10-18(22-21-17)26-16-4-3-11-24(13-16)19(25)12-14-5-7-15(20)8-6-14/h5-10,16H,3-4,11-13H2,1-2H3. The molecule has 0 aliphatic carbocycles. The van der Waals surface area contributed by atoms with Crippen molar-refractivity contribution in [1.82, 2.24) is 15.1 Å². The van der Waals surface area contributed by atoms with E-state index in [4.69, 9.17) is 16.3 Å². The number of hydrogen-bond donors (Lipinski definition) is 0. The van der Waals surface area contributed by atoms with Gasteiger partial charge in [-0.1, -0.05) is 23.7 Å². The Morgan fingerprint density at radius 1 is 1.23 bits per heavy atom. The van der Waals surface area contributed by atoms with Crippen LogP contribution in [0.1, 0.15) is 18.4 Å². The molecule has 0 saturated carbocycles. The molecule has 6 nitrogen and oxygen atoms in total. The molecule has 1 saturated heterocycles. The van der Waals surface area contributed by atoms with E-state index in [0.717, 1.165) is 30.8 Å². The summed E-state index contributed by atoms with van der Waals surface area (Å²) in [6, 6.07) is 11.1. The second-order valence-electron chi connectivity index (χ2n) is 6.65. The van der Waals surface area contributed by atoms with Crippen molar-refractivity contribution < 1.29 is 9.53 Å². The molecule has 1 aromatic carbocycles. The Kier molecular flexibility index (Phi) is 5.93. The average molecular weight is 375 g/mol. The highest BCUT2D eigenvalue weighted by atomic mass is 35.5. The van der Waals surface area contributed by atoms with Crippen LogP contribution in [-0.2, 0) is 11.2 Å². The van der Waals surface area contributed by atoms with Gasteiger partial charge in [0, 0.05) is 31.7 Å². The molecule has 1 aliphatic rings. The number of likely N-dealkylation sites (tertiary alicyclic amines) is 1. The van der Waals surface area contributed by atoms with Crippen LogP contribution in [0.3, 0.4) is 0 Å². The van der Waals surface area contributed by atoms with Gasteiger partial charge in [-0.3, -0.25) is 4.79 Å². The van der Waals surface area contributed by atoms with E-state index < -0.39 is 0 Å². The molecular weight excluding hydrogens is 352 g/mol. The second kappa shape index (κ2) is 8.36. The third kappa shape index (κ3) is 4.85. The summed E-state index contributed by atoms with van der Waals surface area (Å²) in [6.45, 7) is 1.33. The fourth-order valence-corrected chi connectivity index (χ4v) is 3.06. The van der Waals surface area contributed by atoms with Crippen molar-refractivity contribution in [3.05, 3.63) is 47.0 Å². The van der Waals surface area contributed by atoms with Gasteiger partial charge in [0.1, 0.15) is 6.10 Å². The molecule has 0 bridgehead atoms. The van der Waals surface area contributed by atoms with Gasteiger partial charge in [0.2, 0.25) is 11.8 Å². The molecule has 1 fully saturated rings. The van der Waals surface area contributed by atoms with Gasteiger partial charge < -0.3 is 14.5 Å². The zero-order valence-electron chi connectivity index (χ0n) is 15.1. The van der Waals surface area contributed by atoms with Crippen molar-refractivity contribution in [2.75, 3.05) is 32.1 Å². The number of aromatic nitrogens is 2. The molecule has 3 rings (SSSR count). The average Bonchev–Trinajstić information content (AvgIpc) is 2.64. The number of halogens is 1. The Balaban J connectivity index is 1.56. The summed E-state index contributed by atoms with van der Waals surface area (Å²) in [5, 5.41) is 8.91. The van der Waals surface area contributed by atoms with Crippen molar-refractivity contribution >= 4 is 23.3 Å². The largest absolute Gasteiger partial charge is 0.471 e. The highest BCUT2D eigenvalue weighted by Gasteiger charge is 2.25. The molecule has 1 amide bonds. The molecule has 2 aromatic rings. The van der Waals surface area contributed by atoms with Gasteiger partial charge in [-0.2, -0.15) is 0 Å². The molecule has 7 heteroatoms. The van der Waals surface area contributed by atoms with Crippen molar-refractivity contribution in [2.24, 2.45) is 0 Å². The predicted octanol–water partition coefficient (Wildman–Crippen LogP) is 2.81. The zero-order chi connectivity index (χ0) is 18.5. The summed E-state index contributed by atoms with van der Waals surface area (Å²) < 4.78 is 5.93. The maximum absolute atomic E-state index is 12.6. The van der Waals surface area contributed by atoms with Crippen LogP contribution in [0, 0.1) is 0 Å². The number of carbonyl (C=O) groups excluding carboxylic acids is 1. The van der Waals surface area contributed by atoms with E-state index in [1.165, 1.54) is 0 Å². The summed E-state index contributed by atoms with van der Waals surface area (Å²) in [6.07, 6.45) is 2.14. The van der Waals surface area contributed by atoms with Gasteiger partial charge in [0.25, 0.3) is 0 Å². The Labute approximate surface area is 158 Å². The van der Waals surface area contributed by atoms with Crippen LogP contribution < -0.4 is 9.64 Å². The van der Waals surface area contributed by atoms with Crippen molar-refractivity contribution in [3.8, 4) is 5.88 Å². The second-order valence-corrected chi connectivity index (χ2v) is 7.09. The van der Waals surface area contributed by atoms with Crippen LogP contribution in [0.2, 0.25) is 5.02 Å². The van der Waals surface area contributed by atoms with Crippen molar-refractivity contribution in [3.63, 3.8) is 0 Å². The number of carbonyl (C=O) groups is 1. The fourth-order valence-electron chi connectivity index (χ4n) is 2.93. The molecule has 0 spiro atoms. The van der Waals surface area contributed by atoms with Gasteiger partial charge in [0.05, 0.1) is 13.0 Å². The normalized spacial score (nSPS) is 17.0. The van der Waals surface area contributed by atoms with Gasteiger partial charge in [-0.05, 0) is 36.6 Å². The van der Waals surface area contributed by atoms with E-state index >= 15 is 0 Å². The quantitative estimate of drug-likeness (QED) is 0.805. The fraction of sp³-hybridized carbons (Fsp3) is 0.421. The minimum absolute atomic E-state index is 0.0579. The molecular formula is C19H23ClN4O2.